The number of hydrogen-bond acceptors (Lipinski definition) is 3. The molecule has 0 N–H and O–H groups in total. The zero-order valence-electron chi connectivity index (χ0n) is 14.0. The van der Waals surface area contributed by atoms with E-state index < -0.39 is 5.41 Å². The van der Waals surface area contributed by atoms with Gasteiger partial charge in [-0.15, -0.1) is 0 Å². The zero-order valence-corrected chi connectivity index (χ0v) is 14.0. The molecule has 3 heterocycles. The van der Waals surface area contributed by atoms with Crippen LogP contribution in [-0.2, 0) is 14.9 Å². The third kappa shape index (κ3) is 2.93. The van der Waals surface area contributed by atoms with Gasteiger partial charge in [0.25, 0.3) is 0 Å². The smallest absolute Gasteiger partial charge is 0.233 e. The Kier molecular flexibility index (Phi) is 4.25. The molecule has 0 atom stereocenters. The minimum Gasteiger partial charge on any atom is -0.381 e. The number of hydrogen-bond donors (Lipinski definition) is 0. The fourth-order valence-corrected chi connectivity index (χ4v) is 3.89. The van der Waals surface area contributed by atoms with E-state index in [0.717, 1.165) is 5.56 Å². The molecule has 2 aliphatic rings. The summed E-state index contributed by atoms with van der Waals surface area (Å²) >= 11 is 0. The van der Waals surface area contributed by atoms with Crippen molar-refractivity contribution in [2.24, 2.45) is 0 Å². The van der Waals surface area contributed by atoms with Crippen LogP contribution in [0.25, 0.3) is 0 Å². The number of nitrogens with zero attached hydrogens (tertiary/aromatic N) is 2. The number of carbonyl (C=O) groups excluding carboxylic acids is 1. The van der Waals surface area contributed by atoms with E-state index in [1.54, 1.807) is 18.3 Å². The molecule has 0 bridgehead atoms. The molecular formula is C20H21FN2O2. The first-order chi connectivity index (χ1) is 12.2. The molecule has 4 nitrogen and oxygen atoms in total. The standard InChI is InChI=1S/C20H21FN2O2/c21-18-5-3-17(4-6-18)20(7-10-25-11-8-20)19(24)23-13-16(14-23)15-2-1-9-22-12-15/h1-6,9,12,16H,7-8,10-11,13-14H2. The van der Waals surface area contributed by atoms with E-state index in [0.29, 0.717) is 45.1 Å². The van der Waals surface area contributed by atoms with Crippen LogP contribution < -0.4 is 0 Å². The Hall–Kier alpha value is -2.27. The second kappa shape index (κ2) is 6.56. The summed E-state index contributed by atoms with van der Waals surface area (Å²) in [5.41, 5.74) is 1.48. The summed E-state index contributed by atoms with van der Waals surface area (Å²) in [5, 5.41) is 0. The van der Waals surface area contributed by atoms with Crippen molar-refractivity contribution in [2.45, 2.75) is 24.2 Å². The fourth-order valence-electron chi connectivity index (χ4n) is 3.89. The van der Waals surface area contributed by atoms with Crippen LogP contribution >= 0.6 is 0 Å². The summed E-state index contributed by atoms with van der Waals surface area (Å²) in [4.78, 5) is 19.4. The van der Waals surface area contributed by atoms with Gasteiger partial charge in [0, 0.05) is 44.6 Å². The van der Waals surface area contributed by atoms with Crippen LogP contribution in [-0.4, -0.2) is 42.1 Å². The molecule has 0 aliphatic carbocycles. The third-order valence-corrected chi connectivity index (χ3v) is 5.48. The molecule has 1 aromatic heterocycles. The van der Waals surface area contributed by atoms with E-state index in [9.17, 15) is 9.18 Å². The summed E-state index contributed by atoms with van der Waals surface area (Å²) < 4.78 is 18.8. The highest BCUT2D eigenvalue weighted by atomic mass is 19.1. The van der Waals surface area contributed by atoms with Crippen molar-refractivity contribution >= 4 is 5.91 Å². The van der Waals surface area contributed by atoms with E-state index in [-0.39, 0.29) is 11.7 Å². The fraction of sp³-hybridized carbons (Fsp3) is 0.400. The van der Waals surface area contributed by atoms with Gasteiger partial charge in [-0.3, -0.25) is 9.78 Å². The number of rotatable bonds is 3. The molecule has 0 radical (unpaired) electrons. The van der Waals surface area contributed by atoms with Crippen molar-refractivity contribution in [1.82, 2.24) is 9.88 Å². The summed E-state index contributed by atoms with van der Waals surface area (Å²) in [6.45, 7) is 2.55. The molecule has 2 fully saturated rings. The summed E-state index contributed by atoms with van der Waals surface area (Å²) in [6.07, 6.45) is 4.92. The lowest BCUT2D eigenvalue weighted by Gasteiger charge is -2.46. The molecule has 1 aromatic carbocycles. The zero-order chi connectivity index (χ0) is 17.3. The maximum Gasteiger partial charge on any atom is 0.233 e. The SMILES string of the molecule is O=C(N1CC(c2cccnc2)C1)C1(c2ccc(F)cc2)CCOCC1. The predicted octanol–water partition coefficient (Wildman–Crippen LogP) is 2.89. The lowest BCUT2D eigenvalue weighted by atomic mass is 9.72. The van der Waals surface area contributed by atoms with Crippen LogP contribution in [0.15, 0.2) is 48.8 Å². The lowest BCUT2D eigenvalue weighted by molar-refractivity contribution is -0.146. The Labute approximate surface area is 146 Å². The molecule has 2 aromatic rings. The molecule has 2 aliphatic heterocycles. The van der Waals surface area contributed by atoms with Crippen LogP contribution in [0.2, 0.25) is 0 Å². The molecule has 0 spiro atoms. The van der Waals surface area contributed by atoms with Crippen LogP contribution in [0.5, 0.6) is 0 Å². The molecule has 1 amide bonds. The number of ether oxygens (including phenoxy) is 1. The highest BCUT2D eigenvalue weighted by molar-refractivity contribution is 5.89. The number of pyridine rings is 1. The van der Waals surface area contributed by atoms with Gasteiger partial charge in [-0.25, -0.2) is 4.39 Å². The van der Waals surface area contributed by atoms with Crippen molar-refractivity contribution in [3.05, 3.63) is 65.7 Å². The van der Waals surface area contributed by atoms with Gasteiger partial charge in [-0.1, -0.05) is 18.2 Å². The van der Waals surface area contributed by atoms with E-state index in [1.807, 2.05) is 17.2 Å². The van der Waals surface area contributed by atoms with E-state index in [2.05, 4.69) is 11.1 Å². The van der Waals surface area contributed by atoms with Crippen LogP contribution in [0, 0.1) is 5.82 Å². The molecule has 4 rings (SSSR count). The number of aromatic nitrogens is 1. The average molecular weight is 340 g/mol. The van der Waals surface area contributed by atoms with Crippen molar-refractivity contribution in [3.8, 4) is 0 Å². The molecule has 5 heteroatoms. The molecule has 0 unspecified atom stereocenters. The van der Waals surface area contributed by atoms with Crippen molar-refractivity contribution in [3.63, 3.8) is 0 Å². The number of carbonyl (C=O) groups is 1. The van der Waals surface area contributed by atoms with Crippen molar-refractivity contribution in [1.29, 1.82) is 0 Å². The molecular weight excluding hydrogens is 319 g/mol. The third-order valence-electron chi connectivity index (χ3n) is 5.48. The Bertz CT molecular complexity index is 736. The van der Waals surface area contributed by atoms with Gasteiger partial charge in [-0.05, 0) is 42.2 Å². The molecule has 0 saturated carbocycles. The minimum absolute atomic E-state index is 0.141. The summed E-state index contributed by atoms with van der Waals surface area (Å²) in [5.74, 6) is 0.212. The minimum atomic E-state index is -0.591. The van der Waals surface area contributed by atoms with Crippen molar-refractivity contribution < 1.29 is 13.9 Å². The first kappa shape index (κ1) is 16.2. The van der Waals surface area contributed by atoms with Gasteiger partial charge < -0.3 is 9.64 Å². The Morgan fingerprint density at radius 1 is 1.16 bits per heavy atom. The molecule has 25 heavy (non-hydrogen) atoms. The number of likely N-dealkylation sites (tertiary alicyclic amines) is 1. The monoisotopic (exact) mass is 340 g/mol. The maximum atomic E-state index is 13.3. The van der Waals surface area contributed by atoms with Gasteiger partial charge in [0.15, 0.2) is 0 Å². The second-order valence-electron chi connectivity index (χ2n) is 6.89. The predicted molar refractivity (Wildman–Crippen MR) is 91.7 cm³/mol. The largest absolute Gasteiger partial charge is 0.381 e. The van der Waals surface area contributed by atoms with Crippen LogP contribution in [0.4, 0.5) is 4.39 Å². The number of benzene rings is 1. The Balaban J connectivity index is 1.54. The van der Waals surface area contributed by atoms with Gasteiger partial charge in [-0.2, -0.15) is 0 Å². The molecule has 130 valence electrons. The normalized spacial score (nSPS) is 20.1. The number of halogens is 1. The van der Waals surface area contributed by atoms with Gasteiger partial charge in [0.05, 0.1) is 5.41 Å². The first-order valence-corrected chi connectivity index (χ1v) is 8.72. The molecule has 2 saturated heterocycles. The highest BCUT2D eigenvalue weighted by Gasteiger charge is 2.47. The van der Waals surface area contributed by atoms with Gasteiger partial charge in [0.1, 0.15) is 5.82 Å². The Morgan fingerprint density at radius 3 is 2.52 bits per heavy atom. The highest BCUT2D eigenvalue weighted by Crippen LogP contribution is 2.39. The summed E-state index contributed by atoms with van der Waals surface area (Å²) in [6, 6.07) is 10.4. The second-order valence-corrected chi connectivity index (χ2v) is 6.89. The van der Waals surface area contributed by atoms with E-state index in [4.69, 9.17) is 4.74 Å². The lowest BCUT2D eigenvalue weighted by Crippen LogP contribution is -2.57. The average Bonchev–Trinajstić information content (AvgIpc) is 2.62. The topological polar surface area (TPSA) is 42.4 Å². The first-order valence-electron chi connectivity index (χ1n) is 8.72. The van der Waals surface area contributed by atoms with E-state index in [1.165, 1.54) is 17.7 Å². The van der Waals surface area contributed by atoms with Crippen LogP contribution in [0.3, 0.4) is 0 Å². The Morgan fingerprint density at radius 2 is 1.88 bits per heavy atom. The van der Waals surface area contributed by atoms with E-state index >= 15 is 0 Å². The number of amides is 1. The van der Waals surface area contributed by atoms with Crippen LogP contribution in [0.1, 0.15) is 29.9 Å². The maximum absolute atomic E-state index is 13.3. The van der Waals surface area contributed by atoms with Gasteiger partial charge >= 0.3 is 0 Å². The van der Waals surface area contributed by atoms with Crippen molar-refractivity contribution in [2.75, 3.05) is 26.3 Å². The quantitative estimate of drug-likeness (QED) is 0.863. The van der Waals surface area contributed by atoms with Gasteiger partial charge in [0.2, 0.25) is 5.91 Å². The summed E-state index contributed by atoms with van der Waals surface area (Å²) in [7, 11) is 0.